The number of imidazole rings is 1. The summed E-state index contributed by atoms with van der Waals surface area (Å²) in [6.07, 6.45) is 3.08. The van der Waals surface area contributed by atoms with Gasteiger partial charge in [-0.15, -0.1) is 22.7 Å². The van der Waals surface area contributed by atoms with Gasteiger partial charge in [0.25, 0.3) is 5.56 Å². The minimum absolute atomic E-state index is 0.0541. The molecule has 0 bridgehead atoms. The lowest BCUT2D eigenvalue weighted by Crippen LogP contribution is -2.17. The summed E-state index contributed by atoms with van der Waals surface area (Å²) in [5.74, 6) is 0.693. The highest BCUT2D eigenvalue weighted by Crippen LogP contribution is 2.32. The summed E-state index contributed by atoms with van der Waals surface area (Å²) in [6.45, 7) is 0. The zero-order valence-electron chi connectivity index (χ0n) is 18.3. The summed E-state index contributed by atoms with van der Waals surface area (Å²) in [5, 5.41) is 2.08. The molecule has 6 heteroatoms. The molecule has 0 unspecified atom stereocenters. The number of rotatable bonds is 6. The molecule has 1 N–H and O–H groups in total. The van der Waals surface area contributed by atoms with Gasteiger partial charge in [0.1, 0.15) is 5.69 Å². The molecule has 0 atom stereocenters. The lowest BCUT2D eigenvalue weighted by atomic mass is 10.1. The van der Waals surface area contributed by atoms with E-state index in [4.69, 9.17) is 4.98 Å². The van der Waals surface area contributed by atoms with Gasteiger partial charge in [-0.1, -0.05) is 66.7 Å². The molecule has 2 aliphatic rings. The van der Waals surface area contributed by atoms with Gasteiger partial charge in [0.05, 0.1) is 11.4 Å². The third kappa shape index (κ3) is 4.02. The van der Waals surface area contributed by atoms with Crippen LogP contribution < -0.4 is 5.56 Å². The predicted molar refractivity (Wildman–Crippen MR) is 140 cm³/mol. The molecular formula is C28H21N3OS2. The van der Waals surface area contributed by atoms with Crippen LogP contribution in [0.1, 0.15) is 21.8 Å². The van der Waals surface area contributed by atoms with Crippen LogP contribution in [-0.4, -0.2) is 14.5 Å². The van der Waals surface area contributed by atoms with Crippen molar-refractivity contribution in [3.05, 3.63) is 129 Å². The molecule has 4 nitrogen and oxygen atoms in total. The third-order valence-corrected chi connectivity index (χ3v) is 7.98. The van der Waals surface area contributed by atoms with Crippen molar-refractivity contribution in [3.63, 3.8) is 0 Å². The van der Waals surface area contributed by atoms with E-state index >= 15 is 0 Å². The molecule has 166 valence electrons. The van der Waals surface area contributed by atoms with E-state index in [1.807, 2.05) is 54.7 Å². The molecule has 2 aromatic heterocycles. The second kappa shape index (κ2) is 8.89. The maximum atomic E-state index is 13.4. The third-order valence-electron chi connectivity index (χ3n) is 5.82. The van der Waals surface area contributed by atoms with Gasteiger partial charge in [0.2, 0.25) is 0 Å². The van der Waals surface area contributed by atoms with Crippen molar-refractivity contribution >= 4 is 22.7 Å². The first-order chi connectivity index (χ1) is 16.7. The van der Waals surface area contributed by atoms with Crippen LogP contribution in [0.15, 0.2) is 101 Å². The van der Waals surface area contributed by atoms with Crippen molar-refractivity contribution in [3.8, 4) is 26.8 Å². The number of hydrogen-bond acceptors (Lipinski definition) is 4. The molecule has 0 spiro atoms. The fraction of sp³-hybridized carbons (Fsp3) is 0.0714. The van der Waals surface area contributed by atoms with Crippen LogP contribution >= 0.6 is 22.7 Å². The lowest BCUT2D eigenvalue weighted by Gasteiger charge is -2.13. The Kier molecular flexibility index (Phi) is 5.45. The normalized spacial score (nSPS) is 11.3. The average molecular weight is 480 g/mol. The number of benzene rings is 2. The first-order valence-electron chi connectivity index (χ1n) is 11.1. The first kappa shape index (κ1) is 20.8. The summed E-state index contributed by atoms with van der Waals surface area (Å²) < 4.78 is 1.71. The Labute approximate surface area is 205 Å². The van der Waals surface area contributed by atoms with Crippen LogP contribution in [0.2, 0.25) is 0 Å². The minimum atomic E-state index is -0.0541. The van der Waals surface area contributed by atoms with Gasteiger partial charge < -0.3 is 4.98 Å². The molecule has 6 rings (SSSR count). The van der Waals surface area contributed by atoms with Crippen molar-refractivity contribution in [2.45, 2.75) is 12.8 Å². The summed E-state index contributed by atoms with van der Waals surface area (Å²) in [5.41, 5.74) is 4.56. The van der Waals surface area contributed by atoms with Crippen molar-refractivity contribution in [2.75, 3.05) is 0 Å². The number of H-pyrrole nitrogens is 1. The SMILES string of the molecule is O=c1c(Cc2ccc(-c3cccs3)s2)nc2c(Cc3ccccc3)[nH]c(-c3ccccc3)cn1-2. The van der Waals surface area contributed by atoms with E-state index in [1.54, 1.807) is 27.2 Å². The fourth-order valence-corrected chi connectivity index (χ4v) is 6.02. The van der Waals surface area contributed by atoms with Gasteiger partial charge in [0, 0.05) is 33.7 Å². The van der Waals surface area contributed by atoms with Gasteiger partial charge >= 0.3 is 0 Å². The number of thiophene rings is 2. The molecule has 0 fully saturated rings. The monoisotopic (exact) mass is 479 g/mol. The largest absolute Gasteiger partial charge is 0.354 e. The molecule has 34 heavy (non-hydrogen) atoms. The topological polar surface area (TPSA) is 50.7 Å². The number of aromatic nitrogens is 3. The van der Waals surface area contributed by atoms with Crippen molar-refractivity contribution < 1.29 is 0 Å². The Bertz CT molecular complexity index is 1560. The number of nitrogens with one attached hydrogen (secondary N) is 1. The molecule has 0 radical (unpaired) electrons. The quantitative estimate of drug-likeness (QED) is 0.291. The highest BCUT2D eigenvalue weighted by Gasteiger charge is 2.21. The molecule has 4 aromatic rings. The highest BCUT2D eigenvalue weighted by atomic mass is 32.1. The molecule has 2 aromatic carbocycles. The molecule has 0 saturated carbocycles. The van der Waals surface area contributed by atoms with E-state index in [-0.39, 0.29) is 5.56 Å². The Morgan fingerprint density at radius 3 is 2.38 bits per heavy atom. The van der Waals surface area contributed by atoms with E-state index < -0.39 is 0 Å². The fourth-order valence-electron chi connectivity index (χ4n) is 4.17. The number of nitrogens with zero attached hydrogens (tertiary/aromatic N) is 2. The van der Waals surface area contributed by atoms with Crippen LogP contribution in [0.4, 0.5) is 0 Å². The van der Waals surface area contributed by atoms with E-state index in [0.29, 0.717) is 24.4 Å². The molecular weight excluding hydrogens is 458 g/mol. The summed E-state index contributed by atoms with van der Waals surface area (Å²) >= 11 is 3.46. The predicted octanol–water partition coefficient (Wildman–Crippen LogP) is 6.64. The van der Waals surface area contributed by atoms with Crippen LogP contribution in [0.25, 0.3) is 26.8 Å². The standard InChI is InChI=1S/C28H21N3OS2/c32-28-23(17-21-13-14-26(34-21)25-12-7-15-33-25)30-27-22(16-19-8-3-1-4-9-19)29-24(18-31(27)28)20-10-5-2-6-11-20/h1-15,18,29H,16-17H2. The molecule has 4 heterocycles. The van der Waals surface area contributed by atoms with Gasteiger partial charge in [-0.05, 0) is 34.7 Å². The van der Waals surface area contributed by atoms with Gasteiger partial charge in [-0.2, -0.15) is 0 Å². The average Bonchev–Trinajstić information content (AvgIpc) is 3.63. The van der Waals surface area contributed by atoms with Crippen molar-refractivity contribution in [1.29, 1.82) is 0 Å². The molecule has 0 saturated heterocycles. The summed E-state index contributed by atoms with van der Waals surface area (Å²) in [7, 11) is 0. The zero-order chi connectivity index (χ0) is 22.9. The smallest absolute Gasteiger partial charge is 0.278 e. The van der Waals surface area contributed by atoms with Gasteiger partial charge in [0.15, 0.2) is 5.82 Å². The number of hydrogen-bond donors (Lipinski definition) is 1. The van der Waals surface area contributed by atoms with Crippen molar-refractivity contribution in [1.82, 2.24) is 14.5 Å². The Morgan fingerprint density at radius 2 is 1.62 bits per heavy atom. The number of aromatic amines is 1. The van der Waals surface area contributed by atoms with E-state index in [9.17, 15) is 4.79 Å². The Hall–Kier alpha value is -3.74. The van der Waals surface area contributed by atoms with Crippen molar-refractivity contribution in [2.24, 2.45) is 0 Å². The molecule has 0 aliphatic carbocycles. The van der Waals surface area contributed by atoms with E-state index in [0.717, 1.165) is 21.8 Å². The van der Waals surface area contributed by atoms with Crippen LogP contribution in [0.3, 0.4) is 0 Å². The Balaban J connectivity index is 1.43. The second-order valence-electron chi connectivity index (χ2n) is 8.15. The van der Waals surface area contributed by atoms with E-state index in [1.165, 1.54) is 15.3 Å². The van der Waals surface area contributed by atoms with Crippen LogP contribution in [0, 0.1) is 0 Å². The Morgan fingerprint density at radius 1 is 0.824 bits per heavy atom. The minimum Gasteiger partial charge on any atom is -0.354 e. The van der Waals surface area contributed by atoms with Crippen LogP contribution in [0.5, 0.6) is 0 Å². The molecule has 0 amide bonds. The highest BCUT2D eigenvalue weighted by molar-refractivity contribution is 7.21. The first-order valence-corrected chi connectivity index (χ1v) is 12.8. The zero-order valence-corrected chi connectivity index (χ0v) is 19.9. The molecule has 2 aliphatic heterocycles. The van der Waals surface area contributed by atoms with Crippen LogP contribution in [-0.2, 0) is 12.8 Å². The maximum absolute atomic E-state index is 13.4. The van der Waals surface area contributed by atoms with Gasteiger partial charge in [-0.3, -0.25) is 9.36 Å². The summed E-state index contributed by atoms with van der Waals surface area (Å²) in [6, 6.07) is 28.8. The lowest BCUT2D eigenvalue weighted by molar-refractivity contribution is 0.914. The summed E-state index contributed by atoms with van der Waals surface area (Å²) in [4.78, 5) is 25.5. The van der Waals surface area contributed by atoms with Gasteiger partial charge in [-0.25, -0.2) is 4.98 Å². The van der Waals surface area contributed by atoms with E-state index in [2.05, 4.69) is 46.8 Å². The second-order valence-corrected chi connectivity index (χ2v) is 10.3. The number of fused-ring (bicyclic) bond motifs is 1. The maximum Gasteiger partial charge on any atom is 0.278 e.